The molecule has 6 nitrogen and oxygen atoms in total. The summed E-state index contributed by atoms with van der Waals surface area (Å²) in [5.41, 5.74) is 2.56. The number of rotatable bonds is 6. The number of amides is 1. The summed E-state index contributed by atoms with van der Waals surface area (Å²) in [5.74, 6) is -0.103. The van der Waals surface area contributed by atoms with Crippen molar-refractivity contribution in [1.82, 2.24) is 14.5 Å². The van der Waals surface area contributed by atoms with Gasteiger partial charge in [-0.1, -0.05) is 36.4 Å². The van der Waals surface area contributed by atoms with Crippen molar-refractivity contribution in [1.29, 1.82) is 0 Å². The summed E-state index contributed by atoms with van der Waals surface area (Å²) >= 11 is 0. The van der Waals surface area contributed by atoms with Crippen LogP contribution >= 0.6 is 0 Å². The average Bonchev–Trinajstić information content (AvgIpc) is 2.73. The van der Waals surface area contributed by atoms with Gasteiger partial charge in [0.2, 0.25) is 10.0 Å². The van der Waals surface area contributed by atoms with Gasteiger partial charge in [-0.3, -0.25) is 9.69 Å². The van der Waals surface area contributed by atoms with Gasteiger partial charge < -0.3 is 4.90 Å². The van der Waals surface area contributed by atoms with E-state index in [1.807, 2.05) is 17.9 Å². The van der Waals surface area contributed by atoms with Gasteiger partial charge in [0.15, 0.2) is 0 Å². The van der Waals surface area contributed by atoms with Crippen molar-refractivity contribution in [2.24, 2.45) is 0 Å². The first-order valence-electron chi connectivity index (χ1n) is 9.50. The number of hydrogen-bond donors (Lipinski definition) is 1. The quantitative estimate of drug-likeness (QED) is 0.803. The van der Waals surface area contributed by atoms with Crippen molar-refractivity contribution >= 4 is 15.9 Å². The zero-order valence-corrected chi connectivity index (χ0v) is 17.2. The van der Waals surface area contributed by atoms with Gasteiger partial charge in [0.05, 0.1) is 4.90 Å². The first-order chi connectivity index (χ1) is 13.4. The second-order valence-electron chi connectivity index (χ2n) is 7.05. The van der Waals surface area contributed by atoms with Crippen LogP contribution in [-0.2, 0) is 16.4 Å². The Labute approximate surface area is 167 Å². The molecule has 1 N–H and O–H groups in total. The molecule has 2 aromatic rings. The van der Waals surface area contributed by atoms with Crippen LogP contribution in [0.15, 0.2) is 53.4 Å². The van der Waals surface area contributed by atoms with E-state index in [4.69, 9.17) is 0 Å². The smallest absolute Gasteiger partial charge is 0.254 e. The number of carbonyl (C=O) groups is 1. The molecule has 0 aliphatic carbocycles. The Balaban J connectivity index is 1.61. The monoisotopic (exact) mass is 401 g/mol. The van der Waals surface area contributed by atoms with E-state index < -0.39 is 10.0 Å². The molecule has 28 heavy (non-hydrogen) atoms. The number of benzene rings is 2. The molecule has 1 aliphatic heterocycles. The minimum atomic E-state index is -3.57. The van der Waals surface area contributed by atoms with Crippen LogP contribution in [0.2, 0.25) is 0 Å². The van der Waals surface area contributed by atoms with Gasteiger partial charge >= 0.3 is 0 Å². The lowest BCUT2D eigenvalue weighted by Gasteiger charge is -2.35. The van der Waals surface area contributed by atoms with Crippen molar-refractivity contribution in [3.63, 3.8) is 0 Å². The number of nitrogens with one attached hydrogen (secondary N) is 1. The number of sulfonamides is 1. The maximum absolute atomic E-state index is 13.0. The van der Waals surface area contributed by atoms with Crippen LogP contribution in [0.4, 0.5) is 0 Å². The van der Waals surface area contributed by atoms with Gasteiger partial charge in [-0.15, -0.1) is 0 Å². The molecule has 0 aromatic heterocycles. The molecule has 1 aliphatic rings. The maximum atomic E-state index is 13.0. The third kappa shape index (κ3) is 4.79. The van der Waals surface area contributed by atoms with Gasteiger partial charge in [-0.2, -0.15) is 0 Å². The molecule has 0 bridgehead atoms. The van der Waals surface area contributed by atoms with Crippen LogP contribution < -0.4 is 4.72 Å². The standard InChI is InChI=1S/C21H27N3O3S/c1-17-8-9-19(28(26,27)22-2)16-20(17)21(25)24-14-12-23(13-15-24)11-10-18-6-4-3-5-7-18/h3-9,16,22H,10-15H2,1-2H3. The predicted molar refractivity (Wildman–Crippen MR) is 110 cm³/mol. The van der Waals surface area contributed by atoms with E-state index in [1.54, 1.807) is 6.07 Å². The summed E-state index contributed by atoms with van der Waals surface area (Å²) < 4.78 is 26.4. The lowest BCUT2D eigenvalue weighted by Crippen LogP contribution is -2.49. The highest BCUT2D eigenvalue weighted by Crippen LogP contribution is 2.18. The van der Waals surface area contributed by atoms with Crippen LogP contribution in [0.5, 0.6) is 0 Å². The zero-order chi connectivity index (χ0) is 20.1. The zero-order valence-electron chi connectivity index (χ0n) is 16.4. The third-order valence-electron chi connectivity index (χ3n) is 5.24. The van der Waals surface area contributed by atoms with E-state index in [0.717, 1.165) is 31.6 Å². The predicted octanol–water partition coefficient (Wildman–Crippen LogP) is 1.90. The fourth-order valence-corrected chi connectivity index (χ4v) is 4.15. The average molecular weight is 402 g/mol. The molecule has 1 fully saturated rings. The minimum absolute atomic E-state index is 0.103. The minimum Gasteiger partial charge on any atom is -0.336 e. The second-order valence-corrected chi connectivity index (χ2v) is 8.94. The fraction of sp³-hybridized carbons (Fsp3) is 0.381. The molecule has 150 valence electrons. The van der Waals surface area contributed by atoms with Gasteiger partial charge in [0.1, 0.15) is 0 Å². The van der Waals surface area contributed by atoms with E-state index in [9.17, 15) is 13.2 Å². The van der Waals surface area contributed by atoms with Crippen LogP contribution in [0, 0.1) is 6.92 Å². The van der Waals surface area contributed by atoms with Crippen molar-refractivity contribution < 1.29 is 13.2 Å². The normalized spacial score (nSPS) is 15.6. The Bertz CT molecular complexity index is 921. The molecule has 1 heterocycles. The number of piperazine rings is 1. The van der Waals surface area contributed by atoms with Crippen molar-refractivity contribution in [2.45, 2.75) is 18.2 Å². The molecule has 1 saturated heterocycles. The van der Waals surface area contributed by atoms with Crippen LogP contribution in [0.1, 0.15) is 21.5 Å². The highest BCUT2D eigenvalue weighted by Gasteiger charge is 2.24. The molecule has 0 spiro atoms. The molecule has 2 aromatic carbocycles. The molecule has 1 amide bonds. The van der Waals surface area contributed by atoms with Gasteiger partial charge in [0.25, 0.3) is 5.91 Å². The van der Waals surface area contributed by atoms with Crippen molar-refractivity contribution in [3.05, 3.63) is 65.2 Å². The Morgan fingerprint density at radius 3 is 2.36 bits per heavy atom. The first kappa shape index (κ1) is 20.5. The van der Waals surface area contributed by atoms with Gasteiger partial charge in [-0.05, 0) is 43.7 Å². The molecule has 3 rings (SSSR count). The molecular weight excluding hydrogens is 374 g/mol. The topological polar surface area (TPSA) is 69.7 Å². The Morgan fingerprint density at radius 1 is 1.04 bits per heavy atom. The number of aryl methyl sites for hydroxylation is 1. The summed E-state index contributed by atoms with van der Waals surface area (Å²) in [6, 6.07) is 15.1. The van der Waals surface area contributed by atoms with E-state index in [-0.39, 0.29) is 10.8 Å². The summed E-state index contributed by atoms with van der Waals surface area (Å²) in [7, 11) is -2.21. The summed E-state index contributed by atoms with van der Waals surface area (Å²) in [5, 5.41) is 0. The largest absolute Gasteiger partial charge is 0.336 e. The highest BCUT2D eigenvalue weighted by atomic mass is 32.2. The van der Waals surface area contributed by atoms with Crippen molar-refractivity contribution in [2.75, 3.05) is 39.8 Å². The fourth-order valence-electron chi connectivity index (χ4n) is 3.39. The van der Waals surface area contributed by atoms with Gasteiger partial charge in [0, 0.05) is 38.3 Å². The van der Waals surface area contributed by atoms with E-state index in [0.29, 0.717) is 18.7 Å². The first-order valence-corrected chi connectivity index (χ1v) is 11.0. The van der Waals surface area contributed by atoms with Crippen LogP contribution in [0.25, 0.3) is 0 Å². The van der Waals surface area contributed by atoms with Crippen molar-refractivity contribution in [3.8, 4) is 0 Å². The Kier molecular flexibility index (Phi) is 6.49. The maximum Gasteiger partial charge on any atom is 0.254 e. The van der Waals surface area contributed by atoms with E-state index >= 15 is 0 Å². The number of carbonyl (C=O) groups excluding carboxylic acids is 1. The third-order valence-corrected chi connectivity index (χ3v) is 6.65. The number of nitrogens with zero attached hydrogens (tertiary/aromatic N) is 2. The second kappa shape index (κ2) is 8.86. The Hall–Kier alpha value is -2.22. The molecule has 0 radical (unpaired) electrons. The summed E-state index contributed by atoms with van der Waals surface area (Å²) in [4.78, 5) is 17.3. The lowest BCUT2D eigenvalue weighted by atomic mass is 10.1. The highest BCUT2D eigenvalue weighted by molar-refractivity contribution is 7.89. The molecule has 7 heteroatoms. The van der Waals surface area contributed by atoms with E-state index in [1.165, 1.54) is 24.7 Å². The molecular formula is C21H27N3O3S. The Morgan fingerprint density at radius 2 is 1.71 bits per heavy atom. The van der Waals surface area contributed by atoms with E-state index in [2.05, 4.69) is 33.9 Å². The SMILES string of the molecule is CNS(=O)(=O)c1ccc(C)c(C(=O)N2CCN(CCc3ccccc3)CC2)c1. The molecule has 0 saturated carbocycles. The molecule has 0 atom stereocenters. The summed E-state index contributed by atoms with van der Waals surface area (Å²) in [6.07, 6.45) is 0.998. The summed E-state index contributed by atoms with van der Waals surface area (Å²) in [6.45, 7) is 5.75. The van der Waals surface area contributed by atoms with Gasteiger partial charge in [-0.25, -0.2) is 13.1 Å². The van der Waals surface area contributed by atoms with Crippen LogP contribution in [-0.4, -0.2) is 63.9 Å². The molecule has 0 unspecified atom stereocenters. The number of hydrogen-bond acceptors (Lipinski definition) is 4. The van der Waals surface area contributed by atoms with Crippen LogP contribution in [0.3, 0.4) is 0 Å². The lowest BCUT2D eigenvalue weighted by molar-refractivity contribution is 0.0637.